The topological polar surface area (TPSA) is 41.1 Å². The molecule has 0 spiro atoms. The second-order valence-electron chi connectivity index (χ2n) is 6.61. The van der Waals surface area contributed by atoms with Gasteiger partial charge in [0.1, 0.15) is 0 Å². The molecule has 0 aromatic heterocycles. The smallest absolute Gasteiger partial charge is 0.220 e. The van der Waals surface area contributed by atoms with Gasteiger partial charge in [0.2, 0.25) is 5.91 Å². The third-order valence-corrected chi connectivity index (χ3v) is 4.57. The van der Waals surface area contributed by atoms with E-state index in [0.717, 1.165) is 19.5 Å². The molecule has 0 bridgehead atoms. The molecule has 2 rings (SSSR count). The molecule has 124 valence electrons. The number of carbonyl (C=O) groups excluding carboxylic acids is 1. The average molecular weight is 325 g/mol. The van der Waals surface area contributed by atoms with Crippen LogP contribution in [0.25, 0.3) is 0 Å². The number of hydrogen-bond donors (Lipinski definition) is 2. The van der Waals surface area contributed by atoms with Crippen molar-refractivity contribution < 1.29 is 4.79 Å². The third-order valence-electron chi connectivity index (χ3n) is 4.57. The van der Waals surface area contributed by atoms with Crippen molar-refractivity contribution in [1.29, 1.82) is 0 Å². The molecule has 1 fully saturated rings. The lowest BCUT2D eigenvalue weighted by Crippen LogP contribution is -2.48. The largest absolute Gasteiger partial charge is 0.353 e. The van der Waals surface area contributed by atoms with E-state index in [0.29, 0.717) is 30.2 Å². The Hall–Kier alpha value is -1.06. The lowest BCUT2D eigenvalue weighted by molar-refractivity contribution is -0.122. The summed E-state index contributed by atoms with van der Waals surface area (Å²) in [6, 6.07) is 10.7. The maximum atomic E-state index is 12.4. The Balaban J connectivity index is 0.00000242. The molecule has 1 amide bonds. The van der Waals surface area contributed by atoms with Gasteiger partial charge in [0.15, 0.2) is 0 Å². The molecule has 3 unspecified atom stereocenters. The highest BCUT2D eigenvalue weighted by Gasteiger charge is 2.25. The summed E-state index contributed by atoms with van der Waals surface area (Å²) in [5, 5.41) is 6.62. The van der Waals surface area contributed by atoms with Crippen molar-refractivity contribution in [3.05, 3.63) is 35.9 Å². The van der Waals surface area contributed by atoms with Crippen molar-refractivity contribution in [2.45, 2.75) is 45.6 Å². The minimum atomic E-state index is 0. The molecular formula is C18H29ClN2O. The molecule has 3 nitrogen and oxygen atoms in total. The van der Waals surface area contributed by atoms with Crippen LogP contribution in [0.4, 0.5) is 0 Å². The molecule has 0 aliphatic carbocycles. The monoisotopic (exact) mass is 324 g/mol. The van der Waals surface area contributed by atoms with Crippen molar-refractivity contribution in [3.63, 3.8) is 0 Å². The van der Waals surface area contributed by atoms with Gasteiger partial charge in [-0.2, -0.15) is 0 Å². The van der Waals surface area contributed by atoms with Crippen molar-refractivity contribution in [3.8, 4) is 0 Å². The number of halogens is 1. The fourth-order valence-corrected chi connectivity index (χ4v) is 3.13. The molecule has 1 heterocycles. The highest BCUT2D eigenvalue weighted by Crippen LogP contribution is 2.27. The highest BCUT2D eigenvalue weighted by molar-refractivity contribution is 5.85. The zero-order valence-electron chi connectivity index (χ0n) is 13.8. The number of amides is 1. The van der Waals surface area contributed by atoms with E-state index in [2.05, 4.69) is 55.7 Å². The van der Waals surface area contributed by atoms with Gasteiger partial charge >= 0.3 is 0 Å². The van der Waals surface area contributed by atoms with Crippen LogP contribution >= 0.6 is 12.4 Å². The molecule has 2 N–H and O–H groups in total. The first-order valence-corrected chi connectivity index (χ1v) is 8.13. The second kappa shape index (κ2) is 9.16. The number of carbonyl (C=O) groups is 1. The first-order valence-electron chi connectivity index (χ1n) is 8.13. The Morgan fingerprint density at radius 3 is 2.59 bits per heavy atom. The van der Waals surface area contributed by atoms with E-state index in [4.69, 9.17) is 0 Å². The van der Waals surface area contributed by atoms with E-state index in [-0.39, 0.29) is 18.3 Å². The van der Waals surface area contributed by atoms with E-state index in [9.17, 15) is 4.79 Å². The van der Waals surface area contributed by atoms with Gasteiger partial charge in [-0.1, -0.05) is 51.1 Å². The zero-order valence-corrected chi connectivity index (χ0v) is 14.7. The average Bonchev–Trinajstić information content (AvgIpc) is 2.48. The summed E-state index contributed by atoms with van der Waals surface area (Å²) >= 11 is 0. The summed E-state index contributed by atoms with van der Waals surface area (Å²) in [5.41, 5.74) is 1.26. The van der Waals surface area contributed by atoms with Crippen molar-refractivity contribution in [1.82, 2.24) is 10.6 Å². The quantitative estimate of drug-likeness (QED) is 0.872. The van der Waals surface area contributed by atoms with Gasteiger partial charge in [-0.05, 0) is 42.8 Å². The fraction of sp³-hybridized carbons (Fsp3) is 0.611. The van der Waals surface area contributed by atoms with E-state index >= 15 is 0 Å². The van der Waals surface area contributed by atoms with Gasteiger partial charge in [-0.15, -0.1) is 12.4 Å². The molecule has 0 radical (unpaired) electrons. The zero-order chi connectivity index (χ0) is 15.2. The molecule has 4 heteroatoms. The third kappa shape index (κ3) is 5.29. The Bertz CT molecular complexity index is 450. The summed E-state index contributed by atoms with van der Waals surface area (Å²) in [4.78, 5) is 12.4. The first kappa shape index (κ1) is 19.0. The molecule has 1 aliphatic rings. The van der Waals surface area contributed by atoms with Crippen LogP contribution in [0, 0.1) is 11.8 Å². The van der Waals surface area contributed by atoms with Crippen LogP contribution in [0.1, 0.15) is 45.1 Å². The maximum Gasteiger partial charge on any atom is 0.220 e. The summed E-state index contributed by atoms with van der Waals surface area (Å²) in [5.74, 6) is 1.46. The Labute approximate surface area is 140 Å². The number of piperidine rings is 1. The van der Waals surface area contributed by atoms with Gasteiger partial charge in [0, 0.05) is 12.5 Å². The lowest BCUT2D eigenvalue weighted by atomic mass is 9.85. The van der Waals surface area contributed by atoms with E-state index in [1.165, 1.54) is 5.56 Å². The normalized spacial score (nSPS) is 22.7. The highest BCUT2D eigenvalue weighted by atomic mass is 35.5. The lowest BCUT2D eigenvalue weighted by Gasteiger charge is -2.31. The molecular weight excluding hydrogens is 296 g/mol. The summed E-state index contributed by atoms with van der Waals surface area (Å²) in [6.07, 6.45) is 1.61. The van der Waals surface area contributed by atoms with Gasteiger partial charge < -0.3 is 10.6 Å². The van der Waals surface area contributed by atoms with Crippen LogP contribution in [0.5, 0.6) is 0 Å². The minimum absolute atomic E-state index is 0. The number of hydrogen-bond acceptors (Lipinski definition) is 2. The molecule has 1 aliphatic heterocycles. The molecule has 1 saturated heterocycles. The Kier molecular flexibility index (Phi) is 7.91. The standard InChI is InChI=1S/C18H28N2O.ClH/c1-13(2)16(15-7-5-4-6-8-15)11-18(21)20-17-9-10-19-12-14(17)3;/h4-8,13-14,16-17,19H,9-12H2,1-3H3,(H,20,21);1H. The van der Waals surface area contributed by atoms with Gasteiger partial charge in [0.25, 0.3) is 0 Å². The van der Waals surface area contributed by atoms with E-state index in [1.54, 1.807) is 0 Å². The SMILES string of the molecule is CC(C)C(CC(=O)NC1CCNCC1C)c1ccccc1.Cl. The van der Waals surface area contributed by atoms with E-state index in [1.807, 2.05) is 6.07 Å². The molecule has 3 atom stereocenters. The first-order chi connectivity index (χ1) is 10.1. The Morgan fingerprint density at radius 1 is 1.32 bits per heavy atom. The van der Waals surface area contributed by atoms with Crippen LogP contribution < -0.4 is 10.6 Å². The molecule has 1 aromatic carbocycles. The Morgan fingerprint density at radius 2 is 2.00 bits per heavy atom. The minimum Gasteiger partial charge on any atom is -0.353 e. The van der Waals surface area contributed by atoms with Crippen LogP contribution in [0.2, 0.25) is 0 Å². The fourth-order valence-electron chi connectivity index (χ4n) is 3.13. The van der Waals surface area contributed by atoms with Crippen LogP contribution in [0.15, 0.2) is 30.3 Å². The molecule has 22 heavy (non-hydrogen) atoms. The van der Waals surface area contributed by atoms with Gasteiger partial charge in [-0.25, -0.2) is 0 Å². The van der Waals surface area contributed by atoms with Crippen molar-refractivity contribution in [2.24, 2.45) is 11.8 Å². The number of rotatable bonds is 5. The maximum absolute atomic E-state index is 12.4. The van der Waals surface area contributed by atoms with Crippen molar-refractivity contribution in [2.75, 3.05) is 13.1 Å². The van der Waals surface area contributed by atoms with Crippen LogP contribution in [-0.4, -0.2) is 25.0 Å². The molecule has 0 saturated carbocycles. The summed E-state index contributed by atoms with van der Waals surface area (Å²) < 4.78 is 0. The van der Waals surface area contributed by atoms with Crippen LogP contribution in [0.3, 0.4) is 0 Å². The van der Waals surface area contributed by atoms with Crippen LogP contribution in [-0.2, 0) is 4.79 Å². The molecule has 1 aromatic rings. The van der Waals surface area contributed by atoms with Gasteiger partial charge in [-0.3, -0.25) is 4.79 Å². The predicted molar refractivity (Wildman–Crippen MR) is 94.5 cm³/mol. The van der Waals surface area contributed by atoms with E-state index < -0.39 is 0 Å². The van der Waals surface area contributed by atoms with Crippen molar-refractivity contribution >= 4 is 18.3 Å². The summed E-state index contributed by atoms with van der Waals surface area (Å²) in [6.45, 7) is 8.59. The second-order valence-corrected chi connectivity index (χ2v) is 6.61. The predicted octanol–water partition coefficient (Wildman–Crippen LogP) is 3.35. The summed E-state index contributed by atoms with van der Waals surface area (Å²) in [7, 11) is 0. The van der Waals surface area contributed by atoms with Gasteiger partial charge in [0.05, 0.1) is 0 Å². The number of benzene rings is 1. The number of nitrogens with one attached hydrogen (secondary N) is 2.